The summed E-state index contributed by atoms with van der Waals surface area (Å²) < 4.78 is 10.7. The van der Waals surface area contributed by atoms with Gasteiger partial charge < -0.3 is 19.6 Å². The van der Waals surface area contributed by atoms with Gasteiger partial charge in [0.1, 0.15) is 5.82 Å². The molecule has 3 heterocycles. The molecular weight excluding hydrogens is 432 g/mol. The van der Waals surface area contributed by atoms with Crippen LogP contribution in [0.1, 0.15) is 15.9 Å². The minimum absolute atomic E-state index is 0.247. The molecule has 0 saturated heterocycles. The molecule has 8 nitrogen and oxygen atoms in total. The number of carboxylic acids is 1. The van der Waals surface area contributed by atoms with Crippen LogP contribution in [0.4, 0.5) is 5.82 Å². The van der Waals surface area contributed by atoms with Crippen molar-refractivity contribution in [2.24, 2.45) is 0 Å². The normalized spacial score (nSPS) is 10.9. The predicted molar refractivity (Wildman–Crippen MR) is 128 cm³/mol. The van der Waals surface area contributed by atoms with Gasteiger partial charge in [-0.2, -0.15) is 0 Å². The first kappa shape index (κ1) is 21.1. The molecule has 5 rings (SSSR count). The molecule has 5 aromatic rings. The number of pyridine rings is 1. The molecule has 0 atom stereocenters. The van der Waals surface area contributed by atoms with E-state index in [0.29, 0.717) is 29.8 Å². The molecule has 2 N–H and O–H groups in total. The maximum Gasteiger partial charge on any atom is 0.335 e. The van der Waals surface area contributed by atoms with E-state index in [1.54, 1.807) is 49.9 Å². The van der Waals surface area contributed by atoms with E-state index in [1.165, 1.54) is 0 Å². The van der Waals surface area contributed by atoms with Crippen LogP contribution in [0, 0.1) is 0 Å². The Morgan fingerprint density at radius 1 is 1.03 bits per heavy atom. The smallest absolute Gasteiger partial charge is 0.335 e. The van der Waals surface area contributed by atoms with Gasteiger partial charge in [-0.25, -0.2) is 19.7 Å². The third-order valence-electron chi connectivity index (χ3n) is 5.38. The second-order valence-electron chi connectivity index (χ2n) is 7.55. The number of hydrogen-bond donors (Lipinski definition) is 2. The number of fused-ring (bicyclic) bond motifs is 1. The van der Waals surface area contributed by atoms with Gasteiger partial charge in [-0.15, -0.1) is 0 Å². The Labute approximate surface area is 194 Å². The minimum Gasteiger partial charge on any atom is -0.481 e. The van der Waals surface area contributed by atoms with Crippen molar-refractivity contribution < 1.29 is 19.1 Å². The fourth-order valence-corrected chi connectivity index (χ4v) is 3.58. The highest BCUT2D eigenvalue weighted by molar-refractivity contribution is 5.93. The Bertz CT molecular complexity index is 1450. The maximum absolute atomic E-state index is 11.1. The summed E-state index contributed by atoms with van der Waals surface area (Å²) in [5.41, 5.74) is 3.82. The molecule has 3 aromatic heterocycles. The van der Waals surface area contributed by atoms with Gasteiger partial charge in [0.2, 0.25) is 5.88 Å². The van der Waals surface area contributed by atoms with Gasteiger partial charge in [0.25, 0.3) is 0 Å². The van der Waals surface area contributed by atoms with Crippen LogP contribution in [0.2, 0.25) is 0 Å². The number of aromatic nitrogens is 3. The third kappa shape index (κ3) is 4.29. The van der Waals surface area contributed by atoms with E-state index in [1.807, 2.05) is 36.4 Å². The van der Waals surface area contributed by atoms with Crippen LogP contribution in [-0.4, -0.2) is 33.1 Å². The summed E-state index contributed by atoms with van der Waals surface area (Å²) in [6.07, 6.45) is 3.34. The molecule has 0 radical (unpaired) electrons. The van der Waals surface area contributed by atoms with E-state index in [4.69, 9.17) is 24.2 Å². The average Bonchev–Trinajstić information content (AvgIpc) is 3.42. The quantitative estimate of drug-likeness (QED) is 0.344. The van der Waals surface area contributed by atoms with Crippen LogP contribution >= 0.6 is 0 Å². The molecule has 0 aliphatic heterocycles. The number of methoxy groups -OCH3 is 1. The van der Waals surface area contributed by atoms with Gasteiger partial charge in [-0.1, -0.05) is 18.2 Å². The lowest BCUT2D eigenvalue weighted by atomic mass is 10.1. The van der Waals surface area contributed by atoms with Gasteiger partial charge in [0.05, 0.1) is 24.5 Å². The second-order valence-corrected chi connectivity index (χ2v) is 7.55. The number of rotatable bonds is 7. The van der Waals surface area contributed by atoms with Crippen molar-refractivity contribution in [3.8, 4) is 28.6 Å². The summed E-state index contributed by atoms with van der Waals surface area (Å²) in [4.78, 5) is 24.8. The number of benzene rings is 2. The van der Waals surface area contributed by atoms with E-state index in [2.05, 4.69) is 10.3 Å². The Kier molecular flexibility index (Phi) is 5.61. The molecular formula is C26H20N4O4. The average molecular weight is 452 g/mol. The predicted octanol–water partition coefficient (Wildman–Crippen LogP) is 5.27. The molecule has 0 aliphatic carbocycles. The number of nitrogens with one attached hydrogen (secondary N) is 1. The molecule has 0 spiro atoms. The van der Waals surface area contributed by atoms with Crippen LogP contribution in [0.3, 0.4) is 0 Å². The van der Waals surface area contributed by atoms with E-state index in [9.17, 15) is 4.79 Å². The number of nitrogens with zero attached hydrogens (tertiary/aromatic N) is 3. The van der Waals surface area contributed by atoms with E-state index >= 15 is 0 Å². The molecule has 168 valence electrons. The number of anilines is 1. The van der Waals surface area contributed by atoms with Crippen molar-refractivity contribution in [2.45, 2.75) is 6.54 Å². The lowest BCUT2D eigenvalue weighted by Crippen LogP contribution is -2.05. The Hall–Kier alpha value is -4.72. The Morgan fingerprint density at radius 3 is 2.53 bits per heavy atom. The van der Waals surface area contributed by atoms with E-state index in [-0.39, 0.29) is 5.56 Å². The summed E-state index contributed by atoms with van der Waals surface area (Å²) in [5.74, 6) is 1.28. The van der Waals surface area contributed by atoms with Gasteiger partial charge in [0, 0.05) is 29.8 Å². The zero-order chi connectivity index (χ0) is 23.5. The first-order valence-corrected chi connectivity index (χ1v) is 10.5. The number of hydrogen-bond acceptors (Lipinski definition) is 7. The van der Waals surface area contributed by atoms with Gasteiger partial charge in [-0.05, 0) is 53.6 Å². The largest absolute Gasteiger partial charge is 0.481 e. The van der Waals surface area contributed by atoms with Gasteiger partial charge in [-0.3, -0.25) is 0 Å². The maximum atomic E-state index is 11.1. The number of furan rings is 1. The van der Waals surface area contributed by atoms with Crippen molar-refractivity contribution in [1.29, 1.82) is 0 Å². The van der Waals surface area contributed by atoms with Crippen molar-refractivity contribution in [3.05, 3.63) is 90.3 Å². The van der Waals surface area contributed by atoms with Gasteiger partial charge >= 0.3 is 5.97 Å². The summed E-state index contributed by atoms with van der Waals surface area (Å²) in [7, 11) is 1.58. The summed E-state index contributed by atoms with van der Waals surface area (Å²) in [6.45, 7) is 0.466. The van der Waals surface area contributed by atoms with Crippen molar-refractivity contribution >= 4 is 22.7 Å². The first-order chi connectivity index (χ1) is 16.6. The fourth-order valence-electron chi connectivity index (χ4n) is 3.58. The minimum atomic E-state index is -0.952. The molecule has 0 amide bonds. The third-order valence-corrected chi connectivity index (χ3v) is 5.38. The molecule has 0 aliphatic rings. The SMILES string of the molecule is COc1ccc(-c2ccc3c(NCc4ccc(C(=O)O)cc4)nc(-c4ccco4)nc3c2)cn1. The first-order valence-electron chi connectivity index (χ1n) is 10.5. The highest BCUT2D eigenvalue weighted by Crippen LogP contribution is 2.30. The topological polar surface area (TPSA) is 110 Å². The fraction of sp³-hybridized carbons (Fsp3) is 0.0769. The number of ether oxygens (including phenoxy) is 1. The highest BCUT2D eigenvalue weighted by Gasteiger charge is 2.13. The van der Waals surface area contributed by atoms with Crippen LogP contribution in [0.15, 0.2) is 83.6 Å². The molecule has 8 heteroatoms. The molecule has 0 bridgehead atoms. The zero-order valence-electron chi connectivity index (χ0n) is 18.2. The van der Waals surface area contributed by atoms with Crippen molar-refractivity contribution in [3.63, 3.8) is 0 Å². The van der Waals surface area contributed by atoms with Crippen molar-refractivity contribution in [1.82, 2.24) is 15.0 Å². The standard InChI is InChI=1S/C26H20N4O4/c1-33-23-11-9-19(15-27-23)18-8-10-20-21(13-18)29-25(22-3-2-12-34-22)30-24(20)28-14-16-4-6-17(7-5-16)26(31)32/h2-13,15H,14H2,1H3,(H,31,32)(H,28,29,30). The zero-order valence-corrected chi connectivity index (χ0v) is 18.2. The summed E-state index contributed by atoms with van der Waals surface area (Å²) >= 11 is 0. The summed E-state index contributed by atoms with van der Waals surface area (Å²) in [5, 5.41) is 13.3. The Balaban J connectivity index is 1.52. The van der Waals surface area contributed by atoms with Gasteiger partial charge in [0.15, 0.2) is 11.6 Å². The van der Waals surface area contributed by atoms with Crippen LogP contribution in [-0.2, 0) is 6.54 Å². The number of aromatic carboxylic acids is 1. The second kappa shape index (κ2) is 9.03. The lowest BCUT2D eigenvalue weighted by molar-refractivity contribution is 0.0697. The molecule has 0 saturated carbocycles. The van der Waals surface area contributed by atoms with Crippen molar-refractivity contribution in [2.75, 3.05) is 12.4 Å². The van der Waals surface area contributed by atoms with E-state index in [0.717, 1.165) is 27.6 Å². The molecule has 34 heavy (non-hydrogen) atoms. The monoisotopic (exact) mass is 452 g/mol. The van der Waals surface area contributed by atoms with Crippen LogP contribution in [0.5, 0.6) is 5.88 Å². The molecule has 0 unspecified atom stereocenters. The highest BCUT2D eigenvalue weighted by atomic mass is 16.5. The number of carboxylic acid groups (broad SMARTS) is 1. The number of carbonyl (C=O) groups is 1. The lowest BCUT2D eigenvalue weighted by Gasteiger charge is -2.12. The summed E-state index contributed by atoms with van der Waals surface area (Å²) in [6, 6.07) is 20.0. The molecule has 2 aromatic carbocycles. The Morgan fingerprint density at radius 2 is 1.85 bits per heavy atom. The molecule has 0 fully saturated rings. The van der Waals surface area contributed by atoms with Crippen LogP contribution in [0.25, 0.3) is 33.6 Å². The van der Waals surface area contributed by atoms with E-state index < -0.39 is 5.97 Å². The van der Waals surface area contributed by atoms with Crippen LogP contribution < -0.4 is 10.1 Å².